The lowest BCUT2D eigenvalue weighted by atomic mass is 9.95. The van der Waals surface area contributed by atoms with Crippen molar-refractivity contribution < 1.29 is 14.7 Å². The monoisotopic (exact) mass is 213 g/mol. The molecule has 1 amide bonds. The molecule has 2 N–H and O–H groups in total. The molecular weight excluding hydrogens is 194 g/mol. The van der Waals surface area contributed by atoms with Gasteiger partial charge in [0.25, 0.3) is 0 Å². The minimum atomic E-state index is -0.844. The van der Waals surface area contributed by atoms with E-state index in [0.717, 1.165) is 0 Å². The molecule has 0 heterocycles. The smallest absolute Gasteiger partial charge is 0.307 e. The molecule has 1 aliphatic carbocycles. The van der Waals surface area contributed by atoms with Crippen LogP contribution in [0.3, 0.4) is 0 Å². The maximum absolute atomic E-state index is 11.7. The number of hydrogen-bond acceptors (Lipinski definition) is 2. The topological polar surface area (TPSA) is 66.4 Å². The second kappa shape index (κ2) is 4.64. The van der Waals surface area contributed by atoms with E-state index < -0.39 is 11.9 Å². The highest BCUT2D eigenvalue weighted by atomic mass is 16.4. The first kappa shape index (κ1) is 12.0. The lowest BCUT2D eigenvalue weighted by molar-refractivity contribution is -0.146. The van der Waals surface area contributed by atoms with Crippen LogP contribution in [-0.2, 0) is 9.59 Å². The first-order chi connectivity index (χ1) is 6.91. The first-order valence-corrected chi connectivity index (χ1v) is 5.45. The summed E-state index contributed by atoms with van der Waals surface area (Å²) >= 11 is 0. The molecule has 0 aromatic heterocycles. The maximum atomic E-state index is 11.7. The predicted octanol–water partition coefficient (Wildman–Crippen LogP) is 1.26. The number of rotatable bonds is 3. The Morgan fingerprint density at radius 2 is 1.80 bits per heavy atom. The lowest BCUT2D eigenvalue weighted by Gasteiger charge is -2.17. The van der Waals surface area contributed by atoms with Gasteiger partial charge in [-0.05, 0) is 32.6 Å². The van der Waals surface area contributed by atoms with E-state index in [9.17, 15) is 9.59 Å². The van der Waals surface area contributed by atoms with Crippen molar-refractivity contribution in [2.75, 3.05) is 0 Å². The van der Waals surface area contributed by atoms with Gasteiger partial charge in [0.15, 0.2) is 0 Å². The van der Waals surface area contributed by atoms with E-state index in [1.165, 1.54) is 0 Å². The van der Waals surface area contributed by atoms with Crippen molar-refractivity contribution in [2.24, 2.45) is 17.8 Å². The summed E-state index contributed by atoms with van der Waals surface area (Å²) in [5.41, 5.74) is 0. The molecule has 15 heavy (non-hydrogen) atoms. The third-order valence-corrected chi connectivity index (χ3v) is 2.88. The second-order valence-corrected chi connectivity index (χ2v) is 4.79. The van der Waals surface area contributed by atoms with Gasteiger partial charge >= 0.3 is 5.97 Å². The number of carbonyl (C=O) groups excluding carboxylic acids is 1. The third kappa shape index (κ3) is 2.94. The molecule has 1 saturated carbocycles. The van der Waals surface area contributed by atoms with Gasteiger partial charge in [0, 0.05) is 6.04 Å². The van der Waals surface area contributed by atoms with Crippen molar-refractivity contribution in [3.63, 3.8) is 0 Å². The van der Waals surface area contributed by atoms with E-state index in [-0.39, 0.29) is 17.9 Å². The summed E-state index contributed by atoms with van der Waals surface area (Å²) in [4.78, 5) is 22.7. The van der Waals surface area contributed by atoms with E-state index in [4.69, 9.17) is 5.11 Å². The average molecular weight is 213 g/mol. The zero-order valence-electron chi connectivity index (χ0n) is 9.49. The standard InChI is InChI=1S/C11H19NO3/c1-6(2)12-10(13)8-4-7(3)5-9(8)11(14)15/h6-9H,4-5H2,1-3H3,(H,12,13)(H,14,15)/t7?,8-,9+/m0/s1. The zero-order valence-corrected chi connectivity index (χ0v) is 9.49. The SMILES string of the molecule is CC1C[C@H](C(=O)NC(C)C)[C@H](C(=O)O)C1. The molecule has 0 radical (unpaired) electrons. The fourth-order valence-corrected chi connectivity index (χ4v) is 2.25. The Bertz CT molecular complexity index is 263. The van der Waals surface area contributed by atoms with E-state index in [2.05, 4.69) is 5.32 Å². The van der Waals surface area contributed by atoms with Gasteiger partial charge in [0.05, 0.1) is 11.8 Å². The summed E-state index contributed by atoms with van der Waals surface area (Å²) < 4.78 is 0. The van der Waals surface area contributed by atoms with Crippen LogP contribution in [0.25, 0.3) is 0 Å². The molecule has 0 spiro atoms. The van der Waals surface area contributed by atoms with Crippen LogP contribution < -0.4 is 5.32 Å². The number of amides is 1. The Hall–Kier alpha value is -1.06. The molecular formula is C11H19NO3. The van der Waals surface area contributed by atoms with Crippen LogP contribution in [0, 0.1) is 17.8 Å². The molecule has 3 atom stereocenters. The molecule has 0 saturated heterocycles. The quantitative estimate of drug-likeness (QED) is 0.741. The molecule has 1 unspecified atom stereocenters. The zero-order chi connectivity index (χ0) is 11.6. The molecule has 86 valence electrons. The van der Waals surface area contributed by atoms with Crippen LogP contribution in [0.5, 0.6) is 0 Å². The number of aliphatic carboxylic acids is 1. The van der Waals surface area contributed by atoms with Gasteiger partial charge in [-0.3, -0.25) is 9.59 Å². The molecule has 0 aromatic rings. The van der Waals surface area contributed by atoms with Crippen LogP contribution in [0.4, 0.5) is 0 Å². The van der Waals surface area contributed by atoms with Crippen molar-refractivity contribution in [1.82, 2.24) is 5.32 Å². The molecule has 4 heteroatoms. The van der Waals surface area contributed by atoms with E-state index in [1.54, 1.807) is 0 Å². The van der Waals surface area contributed by atoms with Crippen molar-refractivity contribution >= 4 is 11.9 Å². The maximum Gasteiger partial charge on any atom is 0.307 e. The molecule has 1 aliphatic rings. The van der Waals surface area contributed by atoms with Crippen molar-refractivity contribution in [3.8, 4) is 0 Å². The average Bonchev–Trinajstić information content (AvgIpc) is 2.46. The first-order valence-electron chi connectivity index (χ1n) is 5.45. The summed E-state index contributed by atoms with van der Waals surface area (Å²) in [6.45, 7) is 5.76. The Labute approximate surface area is 90.0 Å². The van der Waals surface area contributed by atoms with Crippen LogP contribution in [0.2, 0.25) is 0 Å². The highest BCUT2D eigenvalue weighted by molar-refractivity contribution is 5.85. The van der Waals surface area contributed by atoms with Gasteiger partial charge in [-0.1, -0.05) is 6.92 Å². The number of hydrogen-bond donors (Lipinski definition) is 2. The van der Waals surface area contributed by atoms with Gasteiger partial charge in [0.2, 0.25) is 5.91 Å². The molecule has 1 rings (SSSR count). The second-order valence-electron chi connectivity index (χ2n) is 4.79. The Morgan fingerprint density at radius 1 is 1.27 bits per heavy atom. The number of carbonyl (C=O) groups is 2. The normalized spacial score (nSPS) is 30.5. The minimum Gasteiger partial charge on any atom is -0.481 e. The highest BCUT2D eigenvalue weighted by Crippen LogP contribution is 2.36. The van der Waals surface area contributed by atoms with Crippen LogP contribution >= 0.6 is 0 Å². The van der Waals surface area contributed by atoms with Crippen LogP contribution in [0.1, 0.15) is 33.6 Å². The van der Waals surface area contributed by atoms with Crippen molar-refractivity contribution in [1.29, 1.82) is 0 Å². The minimum absolute atomic E-state index is 0.0721. The Balaban J connectivity index is 2.66. The summed E-state index contributed by atoms with van der Waals surface area (Å²) in [6.07, 6.45) is 1.31. The van der Waals surface area contributed by atoms with Crippen LogP contribution in [0.15, 0.2) is 0 Å². The summed E-state index contributed by atoms with van der Waals surface area (Å²) in [6, 6.07) is 0.0721. The van der Waals surface area contributed by atoms with Gasteiger partial charge < -0.3 is 10.4 Å². The molecule has 1 fully saturated rings. The molecule has 0 bridgehead atoms. The largest absolute Gasteiger partial charge is 0.481 e. The Kier molecular flexibility index (Phi) is 3.72. The third-order valence-electron chi connectivity index (χ3n) is 2.88. The number of nitrogens with one attached hydrogen (secondary N) is 1. The molecule has 4 nitrogen and oxygen atoms in total. The van der Waals surface area contributed by atoms with Gasteiger partial charge in [-0.2, -0.15) is 0 Å². The van der Waals surface area contributed by atoms with E-state index >= 15 is 0 Å². The number of carboxylic acids is 1. The lowest BCUT2D eigenvalue weighted by Crippen LogP contribution is -2.38. The summed E-state index contributed by atoms with van der Waals surface area (Å²) in [7, 11) is 0. The van der Waals surface area contributed by atoms with Crippen molar-refractivity contribution in [2.45, 2.75) is 39.7 Å². The predicted molar refractivity (Wildman–Crippen MR) is 56.3 cm³/mol. The van der Waals surface area contributed by atoms with E-state index in [1.807, 2.05) is 20.8 Å². The fraction of sp³-hybridized carbons (Fsp3) is 0.818. The fourth-order valence-electron chi connectivity index (χ4n) is 2.25. The van der Waals surface area contributed by atoms with Gasteiger partial charge in [-0.25, -0.2) is 0 Å². The van der Waals surface area contributed by atoms with Gasteiger partial charge in [-0.15, -0.1) is 0 Å². The van der Waals surface area contributed by atoms with Crippen LogP contribution in [-0.4, -0.2) is 23.0 Å². The summed E-state index contributed by atoms with van der Waals surface area (Å²) in [5.74, 6) is -1.47. The molecule has 0 aliphatic heterocycles. The van der Waals surface area contributed by atoms with Crippen molar-refractivity contribution in [3.05, 3.63) is 0 Å². The molecule has 0 aromatic carbocycles. The Morgan fingerprint density at radius 3 is 2.27 bits per heavy atom. The van der Waals surface area contributed by atoms with Gasteiger partial charge in [0.1, 0.15) is 0 Å². The van der Waals surface area contributed by atoms with E-state index in [0.29, 0.717) is 18.8 Å². The highest BCUT2D eigenvalue weighted by Gasteiger charge is 2.41. The summed E-state index contributed by atoms with van der Waals surface area (Å²) in [5, 5.41) is 11.8. The number of carboxylic acid groups (broad SMARTS) is 1.